The molecule has 2 rings (SSSR count). The number of carbonyl (C=O) groups is 2. The van der Waals surface area contributed by atoms with Gasteiger partial charge in [0, 0.05) is 29.7 Å². The van der Waals surface area contributed by atoms with Gasteiger partial charge in [0.2, 0.25) is 0 Å². The molecule has 0 saturated heterocycles. The first-order valence-corrected chi connectivity index (χ1v) is 7.86. The molecule has 0 radical (unpaired) electrons. The molecule has 1 aromatic carbocycles. The Balaban J connectivity index is 0.00000264. The zero-order valence-corrected chi connectivity index (χ0v) is 14.3. The van der Waals surface area contributed by atoms with Gasteiger partial charge in [-0.05, 0) is 30.7 Å². The summed E-state index contributed by atoms with van der Waals surface area (Å²) < 4.78 is 0. The van der Waals surface area contributed by atoms with Crippen LogP contribution in [0.5, 0.6) is 0 Å². The second-order valence-electron chi connectivity index (χ2n) is 4.62. The van der Waals surface area contributed by atoms with Crippen LogP contribution in [0.3, 0.4) is 0 Å². The van der Waals surface area contributed by atoms with E-state index < -0.39 is 0 Å². The van der Waals surface area contributed by atoms with Crippen LogP contribution in [-0.2, 0) is 6.54 Å². The maximum absolute atomic E-state index is 12.0. The number of anilines is 1. The van der Waals surface area contributed by atoms with Gasteiger partial charge in [-0.25, -0.2) is 4.98 Å². The summed E-state index contributed by atoms with van der Waals surface area (Å²) in [7, 11) is 0. The van der Waals surface area contributed by atoms with Crippen molar-refractivity contribution in [2.45, 2.75) is 19.9 Å². The van der Waals surface area contributed by atoms with Crippen LogP contribution in [0.2, 0.25) is 0 Å². The van der Waals surface area contributed by atoms with E-state index in [0.29, 0.717) is 35.0 Å². The van der Waals surface area contributed by atoms with Gasteiger partial charge in [0.1, 0.15) is 10.7 Å². The van der Waals surface area contributed by atoms with Gasteiger partial charge in [0.05, 0.1) is 0 Å². The SMILES string of the molecule is CCCNC(=O)c1ccc(NC(=O)c2csc(CN)n2)cc1.Cl. The number of carbonyl (C=O) groups excluding carboxylic acids is 2. The summed E-state index contributed by atoms with van der Waals surface area (Å²) in [5, 5.41) is 7.92. The van der Waals surface area contributed by atoms with Gasteiger partial charge in [-0.1, -0.05) is 6.92 Å². The lowest BCUT2D eigenvalue weighted by atomic mass is 10.2. The van der Waals surface area contributed by atoms with Gasteiger partial charge in [0.15, 0.2) is 0 Å². The van der Waals surface area contributed by atoms with Crippen LogP contribution in [0, 0.1) is 0 Å². The van der Waals surface area contributed by atoms with Crippen molar-refractivity contribution in [1.82, 2.24) is 10.3 Å². The lowest BCUT2D eigenvalue weighted by Gasteiger charge is -2.06. The van der Waals surface area contributed by atoms with Crippen LogP contribution in [0.1, 0.15) is 39.2 Å². The third-order valence-corrected chi connectivity index (χ3v) is 3.77. The molecule has 0 spiro atoms. The number of rotatable bonds is 6. The van der Waals surface area contributed by atoms with E-state index in [0.717, 1.165) is 6.42 Å². The number of amides is 2. The van der Waals surface area contributed by atoms with Crippen LogP contribution in [0.25, 0.3) is 0 Å². The number of benzene rings is 1. The molecule has 0 unspecified atom stereocenters. The first-order valence-electron chi connectivity index (χ1n) is 6.98. The van der Waals surface area contributed by atoms with Gasteiger partial charge in [-0.15, -0.1) is 23.7 Å². The van der Waals surface area contributed by atoms with E-state index in [2.05, 4.69) is 15.6 Å². The van der Waals surface area contributed by atoms with Crippen LogP contribution >= 0.6 is 23.7 Å². The highest BCUT2D eigenvalue weighted by Gasteiger charge is 2.11. The fraction of sp³-hybridized carbons (Fsp3) is 0.267. The number of nitrogens with two attached hydrogens (primary N) is 1. The topological polar surface area (TPSA) is 97.1 Å². The Labute approximate surface area is 144 Å². The average molecular weight is 355 g/mol. The minimum absolute atomic E-state index is 0. The predicted molar refractivity (Wildman–Crippen MR) is 94.3 cm³/mol. The third kappa shape index (κ3) is 5.31. The minimum Gasteiger partial charge on any atom is -0.352 e. The van der Waals surface area contributed by atoms with Gasteiger partial charge in [0.25, 0.3) is 11.8 Å². The van der Waals surface area contributed by atoms with Crippen molar-refractivity contribution in [3.05, 3.63) is 45.9 Å². The number of nitrogens with zero attached hydrogens (tertiary/aromatic N) is 1. The molecular weight excluding hydrogens is 336 g/mol. The predicted octanol–water partition coefficient (Wildman–Crippen LogP) is 2.42. The minimum atomic E-state index is -0.292. The van der Waals surface area contributed by atoms with E-state index in [1.54, 1.807) is 29.6 Å². The van der Waals surface area contributed by atoms with Crippen molar-refractivity contribution in [3.63, 3.8) is 0 Å². The molecule has 6 nitrogen and oxygen atoms in total. The average Bonchev–Trinajstić information content (AvgIpc) is 3.02. The molecular formula is C15H19ClN4O2S. The Morgan fingerprint density at radius 1 is 1.22 bits per heavy atom. The maximum atomic E-state index is 12.0. The molecule has 0 aliphatic rings. The van der Waals surface area contributed by atoms with Crippen molar-refractivity contribution < 1.29 is 9.59 Å². The highest BCUT2D eigenvalue weighted by Crippen LogP contribution is 2.13. The maximum Gasteiger partial charge on any atom is 0.275 e. The first-order chi connectivity index (χ1) is 10.6. The highest BCUT2D eigenvalue weighted by atomic mass is 35.5. The third-order valence-electron chi connectivity index (χ3n) is 2.90. The van der Waals surface area contributed by atoms with E-state index in [9.17, 15) is 9.59 Å². The van der Waals surface area contributed by atoms with Gasteiger partial charge < -0.3 is 16.4 Å². The molecule has 2 amide bonds. The Hall–Kier alpha value is -1.96. The fourth-order valence-electron chi connectivity index (χ4n) is 1.75. The Morgan fingerprint density at radius 3 is 2.48 bits per heavy atom. The van der Waals surface area contributed by atoms with E-state index >= 15 is 0 Å². The smallest absolute Gasteiger partial charge is 0.275 e. The van der Waals surface area contributed by atoms with E-state index in [1.165, 1.54) is 11.3 Å². The summed E-state index contributed by atoms with van der Waals surface area (Å²) in [4.78, 5) is 27.9. The van der Waals surface area contributed by atoms with Gasteiger partial charge in [-0.3, -0.25) is 9.59 Å². The Bertz CT molecular complexity index is 658. The van der Waals surface area contributed by atoms with Crippen molar-refractivity contribution in [2.24, 2.45) is 5.73 Å². The lowest BCUT2D eigenvalue weighted by Crippen LogP contribution is -2.23. The zero-order chi connectivity index (χ0) is 15.9. The van der Waals surface area contributed by atoms with Crippen LogP contribution < -0.4 is 16.4 Å². The highest BCUT2D eigenvalue weighted by molar-refractivity contribution is 7.09. The number of nitrogens with one attached hydrogen (secondary N) is 2. The molecule has 124 valence electrons. The Morgan fingerprint density at radius 2 is 1.91 bits per heavy atom. The molecule has 0 saturated carbocycles. The second-order valence-corrected chi connectivity index (χ2v) is 5.56. The molecule has 8 heteroatoms. The van der Waals surface area contributed by atoms with Crippen LogP contribution in [0.15, 0.2) is 29.6 Å². The molecule has 4 N–H and O–H groups in total. The first kappa shape index (κ1) is 19.1. The van der Waals surface area contributed by atoms with Crippen LogP contribution in [0.4, 0.5) is 5.69 Å². The normalized spacial score (nSPS) is 9.83. The summed E-state index contributed by atoms with van der Waals surface area (Å²) in [5.74, 6) is -0.411. The number of hydrogen-bond donors (Lipinski definition) is 3. The number of halogens is 1. The number of thiazole rings is 1. The Kier molecular flexibility index (Phi) is 7.67. The molecule has 0 atom stereocenters. The van der Waals surface area contributed by atoms with Crippen LogP contribution in [-0.4, -0.2) is 23.3 Å². The van der Waals surface area contributed by atoms with Crippen molar-refractivity contribution in [1.29, 1.82) is 0 Å². The fourth-order valence-corrected chi connectivity index (χ4v) is 2.40. The van der Waals surface area contributed by atoms with E-state index in [-0.39, 0.29) is 24.2 Å². The molecule has 0 bridgehead atoms. The molecule has 0 aliphatic carbocycles. The summed E-state index contributed by atoms with van der Waals surface area (Å²) >= 11 is 1.35. The van der Waals surface area contributed by atoms with Gasteiger partial charge in [-0.2, -0.15) is 0 Å². The molecule has 1 aromatic heterocycles. The number of aromatic nitrogens is 1. The second kappa shape index (κ2) is 9.24. The molecule has 23 heavy (non-hydrogen) atoms. The summed E-state index contributed by atoms with van der Waals surface area (Å²) in [5.41, 5.74) is 6.99. The zero-order valence-electron chi connectivity index (χ0n) is 12.7. The number of hydrogen-bond acceptors (Lipinski definition) is 5. The molecule has 0 fully saturated rings. The van der Waals surface area contributed by atoms with E-state index in [1.807, 2.05) is 6.92 Å². The van der Waals surface area contributed by atoms with Gasteiger partial charge >= 0.3 is 0 Å². The molecule has 2 aromatic rings. The molecule has 1 heterocycles. The summed E-state index contributed by atoms with van der Waals surface area (Å²) in [6.45, 7) is 2.96. The summed E-state index contributed by atoms with van der Waals surface area (Å²) in [6, 6.07) is 6.73. The van der Waals surface area contributed by atoms with Crippen molar-refractivity contribution in [2.75, 3.05) is 11.9 Å². The van der Waals surface area contributed by atoms with E-state index in [4.69, 9.17) is 5.73 Å². The van der Waals surface area contributed by atoms with Crippen molar-refractivity contribution in [3.8, 4) is 0 Å². The quantitative estimate of drug-likeness (QED) is 0.742. The van der Waals surface area contributed by atoms with Crippen molar-refractivity contribution >= 4 is 41.2 Å². The lowest BCUT2D eigenvalue weighted by molar-refractivity contribution is 0.0953. The largest absolute Gasteiger partial charge is 0.352 e. The summed E-state index contributed by atoms with van der Waals surface area (Å²) in [6.07, 6.45) is 0.887. The standard InChI is InChI=1S/C15H18N4O2S.ClH/c1-2-7-17-14(20)10-3-5-11(6-4-10)18-15(21)12-9-22-13(8-16)19-12;/h3-6,9H,2,7-8,16H2,1H3,(H,17,20)(H,18,21);1H. The molecule has 0 aliphatic heterocycles. The monoisotopic (exact) mass is 354 g/mol.